The molecule has 2 aromatic carbocycles. The number of nitrogens with one attached hydrogen (secondary N) is 1. The Kier molecular flexibility index (Phi) is 5.05. The van der Waals surface area contributed by atoms with E-state index < -0.39 is 0 Å². The number of pyridine rings is 1. The van der Waals surface area contributed by atoms with Crippen molar-refractivity contribution < 1.29 is 9.18 Å². The number of rotatable bonds is 2. The molecular weight excluding hydrogens is 379 g/mol. The maximum Gasteiger partial charge on any atom is 0.321 e. The van der Waals surface area contributed by atoms with E-state index in [2.05, 4.69) is 21.3 Å². The summed E-state index contributed by atoms with van der Waals surface area (Å²) in [4.78, 5) is 21.1. The van der Waals surface area contributed by atoms with Gasteiger partial charge in [0.1, 0.15) is 5.82 Å². The average molecular weight is 399 g/mol. The number of aryl methyl sites for hydroxylation is 1. The molecule has 1 N–H and O–H groups in total. The Morgan fingerprint density at radius 2 is 1.79 bits per heavy atom. The number of benzene rings is 2. The zero-order valence-electron chi connectivity index (χ0n) is 15.5. The first-order valence-electron chi connectivity index (χ1n) is 9.13. The lowest BCUT2D eigenvalue weighted by molar-refractivity contribution is 0.208. The van der Waals surface area contributed by atoms with Crippen molar-refractivity contribution in [2.24, 2.45) is 0 Å². The van der Waals surface area contributed by atoms with E-state index in [1.165, 1.54) is 12.1 Å². The van der Waals surface area contributed by atoms with Crippen molar-refractivity contribution in [1.29, 1.82) is 0 Å². The smallest absolute Gasteiger partial charge is 0.321 e. The van der Waals surface area contributed by atoms with Gasteiger partial charge in [-0.25, -0.2) is 9.18 Å². The first kappa shape index (κ1) is 18.5. The van der Waals surface area contributed by atoms with E-state index in [-0.39, 0.29) is 11.8 Å². The molecule has 1 fully saturated rings. The quantitative estimate of drug-likeness (QED) is 0.681. The highest BCUT2D eigenvalue weighted by Gasteiger charge is 2.23. The number of piperazine rings is 1. The second kappa shape index (κ2) is 7.64. The van der Waals surface area contributed by atoms with E-state index in [0.717, 1.165) is 35.4 Å². The highest BCUT2D eigenvalue weighted by molar-refractivity contribution is 6.31. The van der Waals surface area contributed by atoms with E-state index in [4.69, 9.17) is 11.6 Å². The second-order valence-electron chi connectivity index (χ2n) is 6.86. The van der Waals surface area contributed by atoms with Gasteiger partial charge in [-0.3, -0.25) is 4.98 Å². The second-order valence-corrected chi connectivity index (χ2v) is 7.29. The third kappa shape index (κ3) is 3.87. The van der Waals surface area contributed by atoms with Crippen molar-refractivity contribution in [3.63, 3.8) is 0 Å². The maximum absolute atomic E-state index is 13.0. The molecule has 1 aromatic heterocycles. The molecule has 0 atom stereocenters. The van der Waals surface area contributed by atoms with Gasteiger partial charge in [-0.1, -0.05) is 11.6 Å². The standard InChI is InChI=1S/C21H20ClFN4O/c1-14-12-20(18-7-2-15(22)13-19(18)24-14)26-8-10-27(11-9-26)21(28)25-17-5-3-16(23)4-6-17/h2-7,12-13H,8-11H2,1H3,(H,25,28). The number of fused-ring (bicyclic) bond motifs is 1. The first-order chi connectivity index (χ1) is 13.5. The molecule has 2 heterocycles. The summed E-state index contributed by atoms with van der Waals surface area (Å²) in [5.41, 5.74) is 3.50. The van der Waals surface area contributed by atoms with Crippen LogP contribution >= 0.6 is 11.6 Å². The molecule has 0 unspecified atom stereocenters. The minimum atomic E-state index is -0.326. The molecule has 28 heavy (non-hydrogen) atoms. The summed E-state index contributed by atoms with van der Waals surface area (Å²) in [6, 6.07) is 13.4. The van der Waals surface area contributed by atoms with E-state index in [0.29, 0.717) is 23.8 Å². The fraction of sp³-hybridized carbons (Fsp3) is 0.238. The Balaban J connectivity index is 1.46. The van der Waals surface area contributed by atoms with Crippen molar-refractivity contribution in [2.45, 2.75) is 6.92 Å². The number of hydrogen-bond acceptors (Lipinski definition) is 3. The molecule has 144 valence electrons. The van der Waals surface area contributed by atoms with Crippen LogP contribution in [0.3, 0.4) is 0 Å². The first-order valence-corrected chi connectivity index (χ1v) is 9.51. The van der Waals surface area contributed by atoms with Crippen LogP contribution in [0.4, 0.5) is 20.6 Å². The molecule has 0 saturated carbocycles. The lowest BCUT2D eigenvalue weighted by Gasteiger charge is -2.36. The van der Waals surface area contributed by atoms with Gasteiger partial charge in [-0.2, -0.15) is 0 Å². The summed E-state index contributed by atoms with van der Waals surface area (Å²) in [6.45, 7) is 4.61. The Morgan fingerprint density at radius 3 is 2.50 bits per heavy atom. The summed E-state index contributed by atoms with van der Waals surface area (Å²) in [5, 5.41) is 4.54. The molecule has 4 rings (SSSR count). The molecule has 1 saturated heterocycles. The van der Waals surface area contributed by atoms with E-state index in [1.807, 2.05) is 25.1 Å². The van der Waals surface area contributed by atoms with Crippen LogP contribution in [0.1, 0.15) is 5.69 Å². The summed E-state index contributed by atoms with van der Waals surface area (Å²) in [6.07, 6.45) is 0. The number of aromatic nitrogens is 1. The number of carbonyl (C=O) groups excluding carboxylic acids is 1. The topological polar surface area (TPSA) is 48.5 Å². The van der Waals surface area contributed by atoms with Crippen LogP contribution in [0.25, 0.3) is 10.9 Å². The van der Waals surface area contributed by atoms with Crippen molar-refractivity contribution in [3.05, 3.63) is 65.1 Å². The number of hydrogen-bond donors (Lipinski definition) is 1. The lowest BCUT2D eigenvalue weighted by Crippen LogP contribution is -2.50. The van der Waals surface area contributed by atoms with Crippen LogP contribution < -0.4 is 10.2 Å². The van der Waals surface area contributed by atoms with Crippen molar-refractivity contribution >= 4 is 39.9 Å². The van der Waals surface area contributed by atoms with Gasteiger partial charge in [0, 0.05) is 53.7 Å². The normalized spacial score (nSPS) is 14.4. The summed E-state index contributed by atoms with van der Waals surface area (Å²) in [5.74, 6) is -0.326. The maximum atomic E-state index is 13.0. The highest BCUT2D eigenvalue weighted by Crippen LogP contribution is 2.29. The molecule has 0 spiro atoms. The summed E-state index contributed by atoms with van der Waals surface area (Å²) >= 11 is 6.11. The summed E-state index contributed by atoms with van der Waals surface area (Å²) < 4.78 is 13.0. The predicted octanol–water partition coefficient (Wildman–Crippen LogP) is 4.69. The van der Waals surface area contributed by atoms with Gasteiger partial charge in [-0.05, 0) is 55.5 Å². The zero-order chi connectivity index (χ0) is 19.7. The predicted molar refractivity (Wildman–Crippen MR) is 111 cm³/mol. The molecule has 3 aromatic rings. The third-order valence-corrected chi connectivity index (χ3v) is 5.12. The number of urea groups is 1. The summed E-state index contributed by atoms with van der Waals surface area (Å²) in [7, 11) is 0. The van der Waals surface area contributed by atoms with Gasteiger partial charge >= 0.3 is 6.03 Å². The van der Waals surface area contributed by atoms with Crippen LogP contribution in [0.5, 0.6) is 0 Å². The number of anilines is 2. The molecule has 0 radical (unpaired) electrons. The monoisotopic (exact) mass is 398 g/mol. The molecular formula is C21H20ClFN4O. The van der Waals surface area contributed by atoms with Gasteiger partial charge < -0.3 is 15.1 Å². The molecule has 1 aliphatic rings. The zero-order valence-corrected chi connectivity index (χ0v) is 16.2. The van der Waals surface area contributed by atoms with Crippen molar-refractivity contribution in [1.82, 2.24) is 9.88 Å². The molecule has 5 nitrogen and oxygen atoms in total. The van der Waals surface area contributed by atoms with Crippen LogP contribution in [-0.2, 0) is 0 Å². The van der Waals surface area contributed by atoms with Gasteiger partial charge in [0.2, 0.25) is 0 Å². The van der Waals surface area contributed by atoms with Crippen LogP contribution in [0.2, 0.25) is 5.02 Å². The van der Waals surface area contributed by atoms with Gasteiger partial charge in [0.25, 0.3) is 0 Å². The fourth-order valence-electron chi connectivity index (χ4n) is 3.46. The number of carbonyl (C=O) groups is 1. The lowest BCUT2D eigenvalue weighted by atomic mass is 10.1. The van der Waals surface area contributed by atoms with Crippen LogP contribution in [-0.4, -0.2) is 42.1 Å². The Bertz CT molecular complexity index is 1010. The minimum absolute atomic E-state index is 0.172. The Labute approximate surface area is 167 Å². The van der Waals surface area contributed by atoms with Crippen LogP contribution in [0, 0.1) is 12.7 Å². The molecule has 0 bridgehead atoms. The minimum Gasteiger partial charge on any atom is -0.367 e. The largest absolute Gasteiger partial charge is 0.367 e. The molecule has 0 aliphatic carbocycles. The number of halogens is 2. The Hall–Kier alpha value is -2.86. The van der Waals surface area contributed by atoms with E-state index in [1.54, 1.807) is 17.0 Å². The SMILES string of the molecule is Cc1cc(N2CCN(C(=O)Nc3ccc(F)cc3)CC2)c2ccc(Cl)cc2n1. The highest BCUT2D eigenvalue weighted by atomic mass is 35.5. The van der Waals surface area contributed by atoms with Gasteiger partial charge in [0.05, 0.1) is 5.52 Å². The third-order valence-electron chi connectivity index (χ3n) is 4.88. The number of amides is 2. The molecule has 7 heteroatoms. The van der Waals surface area contributed by atoms with Crippen molar-refractivity contribution in [3.8, 4) is 0 Å². The van der Waals surface area contributed by atoms with Gasteiger partial charge in [0.15, 0.2) is 0 Å². The van der Waals surface area contributed by atoms with E-state index in [9.17, 15) is 9.18 Å². The number of nitrogens with zero attached hydrogens (tertiary/aromatic N) is 3. The molecule has 1 aliphatic heterocycles. The molecule has 2 amide bonds. The van der Waals surface area contributed by atoms with Crippen molar-refractivity contribution in [2.75, 3.05) is 36.4 Å². The average Bonchev–Trinajstić information content (AvgIpc) is 2.69. The van der Waals surface area contributed by atoms with Crippen LogP contribution in [0.15, 0.2) is 48.5 Å². The van der Waals surface area contributed by atoms with Gasteiger partial charge in [-0.15, -0.1) is 0 Å². The van der Waals surface area contributed by atoms with E-state index >= 15 is 0 Å². The fourth-order valence-corrected chi connectivity index (χ4v) is 3.63. The Morgan fingerprint density at radius 1 is 1.07 bits per heavy atom.